The Hall–Kier alpha value is -2.52. The molecule has 0 unspecified atom stereocenters. The highest BCUT2D eigenvalue weighted by Crippen LogP contribution is 2.34. The molecule has 9 heteroatoms. The topological polar surface area (TPSA) is 85.5 Å². The SMILES string of the molecule is [2H]C([2H])([2H])OC1(N(C(=O)C([2H])([2H])C([2H])([2H])[2H])c2ccccc2)CCN(CCn2nnn(CC)c2=O)CC1. The number of hydrogen-bond acceptors (Lipinski definition) is 6. The van der Waals surface area contributed by atoms with Gasteiger partial charge in [0.1, 0.15) is 5.72 Å². The number of carbonyl (C=O) groups is 1. The summed E-state index contributed by atoms with van der Waals surface area (Å²) in [6, 6.07) is 7.73. The van der Waals surface area contributed by atoms with Crippen molar-refractivity contribution in [2.75, 3.05) is 31.6 Å². The van der Waals surface area contributed by atoms with Crippen LogP contribution >= 0.6 is 0 Å². The average molecular weight is 411 g/mol. The average Bonchev–Trinajstić information content (AvgIpc) is 3.17. The number of piperidine rings is 1. The normalized spacial score (nSPS) is 22.1. The van der Waals surface area contributed by atoms with E-state index in [1.807, 2.05) is 4.90 Å². The molecule has 0 N–H and O–H groups in total. The molecule has 2 heterocycles. The van der Waals surface area contributed by atoms with Gasteiger partial charge in [-0.1, -0.05) is 25.1 Å². The molecule has 2 aromatic rings. The van der Waals surface area contributed by atoms with E-state index in [0.717, 1.165) is 4.90 Å². The number of para-hydroxylation sites is 1. The van der Waals surface area contributed by atoms with Gasteiger partial charge in [-0.2, -0.15) is 9.36 Å². The minimum absolute atomic E-state index is 0.0559. The van der Waals surface area contributed by atoms with Gasteiger partial charge in [0.05, 0.1) is 10.7 Å². The van der Waals surface area contributed by atoms with Crippen LogP contribution in [0, 0.1) is 0 Å². The Labute approximate surface area is 182 Å². The molecule has 1 fully saturated rings. The molecule has 0 aliphatic carbocycles. The molecule has 0 spiro atoms. The molecule has 158 valence electrons. The summed E-state index contributed by atoms with van der Waals surface area (Å²) in [5.41, 5.74) is -2.09. The van der Waals surface area contributed by atoms with E-state index in [2.05, 4.69) is 10.4 Å². The van der Waals surface area contributed by atoms with Crippen LogP contribution in [0.15, 0.2) is 35.1 Å². The number of methoxy groups -OCH3 is 1. The summed E-state index contributed by atoms with van der Waals surface area (Å²) in [5, 5.41) is 7.60. The van der Waals surface area contributed by atoms with E-state index >= 15 is 0 Å². The van der Waals surface area contributed by atoms with Gasteiger partial charge in [0.15, 0.2) is 0 Å². The van der Waals surface area contributed by atoms with Crippen LogP contribution in [-0.4, -0.2) is 63.0 Å². The number of aryl methyl sites for hydroxylation is 1. The number of amides is 1. The fraction of sp³-hybridized carbons (Fsp3) is 0.600. The van der Waals surface area contributed by atoms with Crippen molar-refractivity contribution < 1.29 is 20.5 Å². The minimum Gasteiger partial charge on any atom is -0.358 e. The van der Waals surface area contributed by atoms with Gasteiger partial charge in [0.2, 0.25) is 5.91 Å². The third-order valence-electron chi connectivity index (χ3n) is 5.18. The molecule has 29 heavy (non-hydrogen) atoms. The number of carbonyl (C=O) groups excluding carboxylic acids is 1. The van der Waals surface area contributed by atoms with Gasteiger partial charge in [-0.25, -0.2) is 4.79 Å². The Morgan fingerprint density at radius 3 is 2.59 bits per heavy atom. The predicted molar refractivity (Wildman–Crippen MR) is 110 cm³/mol. The van der Waals surface area contributed by atoms with Crippen molar-refractivity contribution in [3.63, 3.8) is 0 Å². The molecule has 1 aliphatic heterocycles. The Morgan fingerprint density at radius 2 is 1.97 bits per heavy atom. The van der Waals surface area contributed by atoms with E-state index < -0.39 is 31.9 Å². The molecule has 3 rings (SSSR count). The zero-order valence-corrected chi connectivity index (χ0v) is 16.2. The van der Waals surface area contributed by atoms with Crippen LogP contribution in [0.5, 0.6) is 0 Å². The first-order valence-electron chi connectivity index (χ1n) is 13.4. The second-order valence-corrected chi connectivity index (χ2v) is 6.79. The summed E-state index contributed by atoms with van der Waals surface area (Å²) in [6.45, 7) is -0.104. The lowest BCUT2D eigenvalue weighted by Gasteiger charge is -2.47. The Bertz CT molecular complexity index is 1120. The summed E-state index contributed by atoms with van der Waals surface area (Å²) in [6.07, 6.45) is -3.42. The maximum Gasteiger partial charge on any atom is 0.363 e. The molecule has 1 saturated heterocycles. The zero-order chi connectivity index (χ0) is 27.6. The fourth-order valence-electron chi connectivity index (χ4n) is 3.55. The van der Waals surface area contributed by atoms with Crippen molar-refractivity contribution in [1.29, 1.82) is 0 Å². The minimum atomic E-state index is -3.31. The van der Waals surface area contributed by atoms with Gasteiger partial charge in [-0.05, 0) is 29.5 Å². The molecule has 9 nitrogen and oxygen atoms in total. The van der Waals surface area contributed by atoms with E-state index in [9.17, 15) is 9.59 Å². The van der Waals surface area contributed by atoms with Crippen molar-refractivity contribution in [1.82, 2.24) is 24.7 Å². The zero-order valence-electron chi connectivity index (χ0n) is 24.2. The van der Waals surface area contributed by atoms with Gasteiger partial charge < -0.3 is 9.64 Å². The number of likely N-dealkylation sites (tertiary alicyclic amines) is 1. The van der Waals surface area contributed by atoms with Crippen molar-refractivity contribution in [2.45, 2.75) is 51.8 Å². The number of benzene rings is 1. The molecule has 0 bridgehead atoms. The maximum atomic E-state index is 13.5. The molecule has 0 saturated carbocycles. The summed E-state index contributed by atoms with van der Waals surface area (Å²) in [4.78, 5) is 28.5. The molecule has 0 radical (unpaired) electrons. The molecule has 0 atom stereocenters. The number of tetrazole rings is 1. The maximum absolute atomic E-state index is 13.5. The number of hydrogen-bond donors (Lipinski definition) is 0. The molecule has 1 aromatic carbocycles. The van der Waals surface area contributed by atoms with Crippen LogP contribution in [0.3, 0.4) is 0 Å². The number of anilines is 1. The Morgan fingerprint density at radius 1 is 1.24 bits per heavy atom. The summed E-state index contributed by atoms with van der Waals surface area (Å²) >= 11 is 0. The van der Waals surface area contributed by atoms with Gasteiger partial charge in [-0.3, -0.25) is 9.69 Å². The summed E-state index contributed by atoms with van der Waals surface area (Å²) in [5.74, 6) is -1.42. The van der Waals surface area contributed by atoms with Crippen LogP contribution in [0.25, 0.3) is 0 Å². The number of rotatable bonds is 8. The van der Waals surface area contributed by atoms with E-state index in [1.54, 1.807) is 25.1 Å². The van der Waals surface area contributed by atoms with Crippen molar-refractivity contribution in [3.05, 3.63) is 40.8 Å². The van der Waals surface area contributed by atoms with Crippen LogP contribution in [0.4, 0.5) is 5.69 Å². The molecule has 1 aromatic heterocycles. The molecule has 1 amide bonds. The lowest BCUT2D eigenvalue weighted by Crippen LogP contribution is -2.59. The standard InChI is InChI=1S/C20H30N6O3/c1-4-18(27)26(17-9-7-6-8-10-17)20(29-3)11-13-23(14-12-20)15-16-25-19(28)24(5-2)21-22-25/h6-10H,4-5,11-16H2,1-3H3/i1D3,3D3,4D2. The lowest BCUT2D eigenvalue weighted by atomic mass is 9.96. The largest absolute Gasteiger partial charge is 0.363 e. The second-order valence-electron chi connectivity index (χ2n) is 6.79. The highest BCUT2D eigenvalue weighted by Gasteiger charge is 2.43. The van der Waals surface area contributed by atoms with Gasteiger partial charge in [0, 0.05) is 65.0 Å². The Balaban J connectivity index is 1.92. The van der Waals surface area contributed by atoms with Gasteiger partial charge in [0.25, 0.3) is 0 Å². The van der Waals surface area contributed by atoms with E-state index in [1.165, 1.54) is 21.5 Å². The van der Waals surface area contributed by atoms with Gasteiger partial charge >= 0.3 is 5.69 Å². The van der Waals surface area contributed by atoms with Crippen molar-refractivity contribution >= 4 is 11.6 Å². The number of aromatic nitrogens is 4. The Kier molecular flexibility index (Phi) is 4.15. The first-order chi connectivity index (χ1) is 17.1. The third kappa shape index (κ3) is 4.40. The highest BCUT2D eigenvalue weighted by molar-refractivity contribution is 5.94. The van der Waals surface area contributed by atoms with Crippen molar-refractivity contribution in [2.24, 2.45) is 0 Å². The highest BCUT2D eigenvalue weighted by atomic mass is 16.5. The number of ether oxygens (including phenoxy) is 1. The van der Waals surface area contributed by atoms with Crippen molar-refractivity contribution in [3.8, 4) is 0 Å². The van der Waals surface area contributed by atoms with E-state index in [0.29, 0.717) is 13.1 Å². The van der Waals surface area contributed by atoms with Gasteiger partial charge in [-0.15, -0.1) is 0 Å². The van der Waals surface area contributed by atoms with Crippen LogP contribution in [0.1, 0.15) is 44.0 Å². The second kappa shape index (κ2) is 9.32. The van der Waals surface area contributed by atoms with E-state index in [-0.39, 0.29) is 43.9 Å². The monoisotopic (exact) mass is 410 g/mol. The third-order valence-corrected chi connectivity index (χ3v) is 5.18. The molecule has 1 aliphatic rings. The molecular formula is C20H30N6O3. The van der Waals surface area contributed by atoms with E-state index in [4.69, 9.17) is 15.7 Å². The quantitative estimate of drug-likeness (QED) is 0.611. The molecular weight excluding hydrogens is 372 g/mol. The number of nitrogens with zero attached hydrogens (tertiary/aromatic N) is 6. The first-order valence-corrected chi connectivity index (χ1v) is 9.44. The van der Waals surface area contributed by atoms with Crippen LogP contribution in [0.2, 0.25) is 0 Å². The first kappa shape index (κ1) is 12.9. The lowest BCUT2D eigenvalue weighted by molar-refractivity contribution is -0.128. The van der Waals surface area contributed by atoms with Crippen LogP contribution < -0.4 is 10.6 Å². The summed E-state index contributed by atoms with van der Waals surface area (Å²) in [7, 11) is -2.96. The summed E-state index contributed by atoms with van der Waals surface area (Å²) < 4.78 is 70.2. The van der Waals surface area contributed by atoms with Crippen LogP contribution in [-0.2, 0) is 22.6 Å². The predicted octanol–water partition coefficient (Wildman–Crippen LogP) is 1.34. The smallest absolute Gasteiger partial charge is 0.358 e. The fourth-order valence-corrected chi connectivity index (χ4v) is 3.55.